The van der Waals surface area contributed by atoms with Crippen LogP contribution in [0.15, 0.2) is 0 Å². The predicted molar refractivity (Wildman–Crippen MR) is 358 cm³/mol. The summed E-state index contributed by atoms with van der Waals surface area (Å²) in [4.78, 5) is 72.4. The fourth-order valence-electron chi connectivity index (χ4n) is 10.5. The average Bonchev–Trinajstić information content (AvgIpc) is 3.66. The van der Waals surface area contributed by atoms with E-state index in [2.05, 4.69) is 55.4 Å². The van der Waals surface area contributed by atoms with Gasteiger partial charge in [0.2, 0.25) is 0 Å². The third kappa shape index (κ3) is 64.6. The Balaban J connectivity index is 5.18. The summed E-state index contributed by atoms with van der Waals surface area (Å²) in [5, 5.41) is 10.6. The first-order valence-electron chi connectivity index (χ1n) is 36.2. The molecule has 0 aromatic rings. The lowest BCUT2D eigenvalue weighted by Crippen LogP contribution is -2.30. The zero-order valence-electron chi connectivity index (χ0n) is 58.1. The number of hydrogen-bond donors (Lipinski definition) is 3. The number of carbonyl (C=O) groups excluding carboxylic acids is 4. The van der Waals surface area contributed by atoms with E-state index in [0.717, 1.165) is 108 Å². The number of phosphoric ester groups is 2. The van der Waals surface area contributed by atoms with E-state index in [9.17, 15) is 43.2 Å². The Bertz CT molecular complexity index is 1760. The maximum absolute atomic E-state index is 13.0. The zero-order chi connectivity index (χ0) is 66.1. The number of ether oxygens (including phenoxy) is 4. The molecule has 0 fully saturated rings. The third-order valence-corrected chi connectivity index (χ3v) is 18.0. The Labute approximate surface area is 543 Å². The molecule has 0 aromatic heterocycles. The van der Waals surface area contributed by atoms with E-state index in [4.69, 9.17) is 37.0 Å². The van der Waals surface area contributed by atoms with Crippen LogP contribution in [0.1, 0.15) is 344 Å². The zero-order valence-corrected chi connectivity index (χ0v) is 59.8. The molecule has 0 aliphatic carbocycles. The average molecular weight is 1310 g/mol. The van der Waals surface area contributed by atoms with E-state index < -0.39 is 97.5 Å². The SMILES string of the molecule is CC(C)CCCCCCCCCCCCCCCCCCC(=O)O[C@H](COC(=O)CCCCCCCCC(C)C)COP(=O)(O)OCC(O)COP(=O)(O)OC[C@@H](COC(=O)CCCCCCCCCCC(C)C)OC(=O)CCCCCCCCCC(C)C. The second-order valence-electron chi connectivity index (χ2n) is 27.2. The van der Waals surface area contributed by atoms with Gasteiger partial charge in [0.1, 0.15) is 19.3 Å². The van der Waals surface area contributed by atoms with E-state index in [1.807, 2.05) is 0 Å². The Morgan fingerprint density at radius 3 is 0.697 bits per heavy atom. The van der Waals surface area contributed by atoms with Crippen LogP contribution in [0.2, 0.25) is 0 Å². The van der Waals surface area contributed by atoms with Crippen LogP contribution in [0.25, 0.3) is 0 Å². The molecule has 0 amide bonds. The van der Waals surface area contributed by atoms with E-state index in [1.165, 1.54) is 141 Å². The Morgan fingerprint density at radius 2 is 0.472 bits per heavy atom. The molecule has 3 N–H and O–H groups in total. The van der Waals surface area contributed by atoms with Gasteiger partial charge >= 0.3 is 39.5 Å². The van der Waals surface area contributed by atoms with Gasteiger partial charge in [-0.3, -0.25) is 37.3 Å². The second kappa shape index (κ2) is 59.8. The highest BCUT2D eigenvalue weighted by Crippen LogP contribution is 2.45. The molecule has 0 aliphatic heterocycles. The van der Waals surface area contributed by atoms with Crippen molar-refractivity contribution in [1.82, 2.24) is 0 Å². The summed E-state index contributed by atoms with van der Waals surface area (Å²) in [7, 11) is -9.90. The lowest BCUT2D eigenvalue weighted by molar-refractivity contribution is -0.161. The first-order valence-corrected chi connectivity index (χ1v) is 39.2. The number of unbranched alkanes of at least 4 members (excludes halogenated alkanes) is 33. The van der Waals surface area contributed by atoms with Crippen LogP contribution >= 0.6 is 15.6 Å². The molecule has 0 saturated carbocycles. The molecule has 0 aliphatic rings. The summed E-state index contributed by atoms with van der Waals surface area (Å²) in [6.45, 7) is 14.0. The topological polar surface area (TPSA) is 237 Å². The van der Waals surface area contributed by atoms with Gasteiger partial charge in [0, 0.05) is 25.7 Å². The number of rotatable bonds is 67. The lowest BCUT2D eigenvalue weighted by Gasteiger charge is -2.21. The third-order valence-electron chi connectivity index (χ3n) is 16.1. The van der Waals surface area contributed by atoms with Crippen molar-refractivity contribution in [2.75, 3.05) is 39.6 Å². The predicted octanol–water partition coefficient (Wildman–Crippen LogP) is 19.7. The summed E-state index contributed by atoms with van der Waals surface area (Å²) in [5.74, 6) is 0.776. The number of phosphoric acid groups is 2. The lowest BCUT2D eigenvalue weighted by atomic mass is 10.0. The Kier molecular flexibility index (Phi) is 58.5. The normalized spacial score (nSPS) is 14.3. The van der Waals surface area contributed by atoms with Crippen molar-refractivity contribution in [3.63, 3.8) is 0 Å². The van der Waals surface area contributed by atoms with Crippen molar-refractivity contribution in [3.8, 4) is 0 Å². The molecule has 0 rings (SSSR count). The first-order chi connectivity index (χ1) is 42.6. The van der Waals surface area contributed by atoms with Crippen molar-refractivity contribution in [2.24, 2.45) is 23.7 Å². The molecule has 0 aromatic carbocycles. The van der Waals surface area contributed by atoms with E-state index in [-0.39, 0.29) is 25.7 Å². The molecule has 0 heterocycles. The number of aliphatic hydroxyl groups excluding tert-OH is 1. The van der Waals surface area contributed by atoms with Gasteiger partial charge in [-0.15, -0.1) is 0 Å². The summed E-state index contributed by atoms with van der Waals surface area (Å²) < 4.78 is 68.2. The monoisotopic (exact) mass is 1310 g/mol. The molecular formula is C70H136O17P2. The maximum Gasteiger partial charge on any atom is 0.472 e. The molecule has 0 radical (unpaired) electrons. The van der Waals surface area contributed by atoms with E-state index in [1.54, 1.807) is 0 Å². The van der Waals surface area contributed by atoms with Gasteiger partial charge in [-0.1, -0.05) is 293 Å². The Morgan fingerprint density at radius 1 is 0.281 bits per heavy atom. The highest BCUT2D eigenvalue weighted by Gasteiger charge is 2.30. The summed E-state index contributed by atoms with van der Waals surface area (Å²) in [6, 6.07) is 0. The van der Waals surface area contributed by atoms with Crippen molar-refractivity contribution >= 4 is 39.5 Å². The van der Waals surface area contributed by atoms with Crippen LogP contribution < -0.4 is 0 Å². The molecule has 528 valence electrons. The van der Waals surface area contributed by atoms with Crippen LogP contribution in [0, 0.1) is 23.7 Å². The van der Waals surface area contributed by atoms with Crippen LogP contribution in [0.5, 0.6) is 0 Å². The highest BCUT2D eigenvalue weighted by atomic mass is 31.2. The molecule has 0 saturated heterocycles. The Hall–Kier alpha value is -1.94. The number of aliphatic hydroxyl groups is 1. The van der Waals surface area contributed by atoms with E-state index in [0.29, 0.717) is 37.5 Å². The smallest absolute Gasteiger partial charge is 0.462 e. The van der Waals surface area contributed by atoms with Gasteiger partial charge in [-0.2, -0.15) is 0 Å². The van der Waals surface area contributed by atoms with Crippen molar-refractivity contribution in [3.05, 3.63) is 0 Å². The first kappa shape index (κ1) is 87.1. The molecule has 0 bridgehead atoms. The minimum Gasteiger partial charge on any atom is -0.462 e. The fourth-order valence-corrected chi connectivity index (χ4v) is 12.1. The molecule has 17 nitrogen and oxygen atoms in total. The summed E-state index contributed by atoms with van der Waals surface area (Å²) >= 11 is 0. The van der Waals surface area contributed by atoms with E-state index >= 15 is 0 Å². The highest BCUT2D eigenvalue weighted by molar-refractivity contribution is 7.47. The fraction of sp³-hybridized carbons (Fsp3) is 0.943. The quantitative estimate of drug-likeness (QED) is 0.0222. The van der Waals surface area contributed by atoms with Gasteiger partial charge in [0.05, 0.1) is 26.4 Å². The van der Waals surface area contributed by atoms with Crippen molar-refractivity contribution < 1.29 is 80.2 Å². The second-order valence-corrected chi connectivity index (χ2v) is 30.1. The molecule has 5 atom stereocenters. The van der Waals surface area contributed by atoms with Gasteiger partial charge in [-0.05, 0) is 49.4 Å². The van der Waals surface area contributed by atoms with Crippen LogP contribution in [-0.2, 0) is 65.4 Å². The number of esters is 4. The molecule has 89 heavy (non-hydrogen) atoms. The van der Waals surface area contributed by atoms with Crippen LogP contribution in [-0.4, -0.2) is 96.7 Å². The minimum absolute atomic E-state index is 0.102. The largest absolute Gasteiger partial charge is 0.472 e. The van der Waals surface area contributed by atoms with Crippen molar-refractivity contribution in [1.29, 1.82) is 0 Å². The molecule has 19 heteroatoms. The van der Waals surface area contributed by atoms with Gasteiger partial charge in [0.15, 0.2) is 12.2 Å². The minimum atomic E-state index is -4.95. The molecule has 3 unspecified atom stereocenters. The van der Waals surface area contributed by atoms with Crippen molar-refractivity contribution in [2.45, 2.75) is 363 Å². The van der Waals surface area contributed by atoms with Gasteiger partial charge in [0.25, 0.3) is 0 Å². The molecule has 0 spiro atoms. The maximum atomic E-state index is 13.0. The standard InChI is InChI=1S/C70H136O17P2/c1-60(2)46-38-30-22-17-15-13-11-9-10-12-14-16-18-26-36-44-52-69(74)86-66(57-81-68(73)51-43-35-29-28-33-41-49-63(7)8)59-85-89(78,79)83-55-64(71)54-82-88(76,77)84-58-65(87-70(75)53-45-37-27-21-24-32-40-48-62(5)6)56-80-67(72)50-42-34-25-20-19-23-31-39-47-61(3)4/h60-66,71H,9-59H2,1-8H3,(H,76,77)(H,78,79)/t64?,65-,66-/m1/s1. The van der Waals surface area contributed by atoms with Gasteiger partial charge in [-0.25, -0.2) is 9.13 Å². The van der Waals surface area contributed by atoms with Crippen LogP contribution in [0.3, 0.4) is 0 Å². The summed E-state index contributed by atoms with van der Waals surface area (Å²) in [6.07, 6.45) is 42.1. The number of hydrogen-bond acceptors (Lipinski definition) is 15. The van der Waals surface area contributed by atoms with Gasteiger partial charge < -0.3 is 33.8 Å². The molecular weight excluding hydrogens is 1170 g/mol. The summed E-state index contributed by atoms with van der Waals surface area (Å²) in [5.41, 5.74) is 0. The number of carbonyl (C=O) groups is 4. The van der Waals surface area contributed by atoms with Crippen LogP contribution in [0.4, 0.5) is 0 Å².